The number of carbonyl (C=O) groups is 1. The number of rotatable bonds is 5. The lowest BCUT2D eigenvalue weighted by molar-refractivity contribution is -0.131. The summed E-state index contributed by atoms with van der Waals surface area (Å²) in [6.45, 7) is 8.51. The number of hydrogen-bond acceptors (Lipinski definition) is 3. The Morgan fingerprint density at radius 2 is 2.11 bits per heavy atom. The lowest BCUT2D eigenvalue weighted by atomic mass is 9.76. The van der Waals surface area contributed by atoms with E-state index in [1.165, 1.54) is 0 Å². The number of carbonyl (C=O) groups excluding carboxylic acids is 1. The third-order valence-corrected chi connectivity index (χ3v) is 3.96. The summed E-state index contributed by atoms with van der Waals surface area (Å²) in [5.74, 6) is 0.664. The number of amides is 1. The van der Waals surface area contributed by atoms with Crippen molar-refractivity contribution in [2.45, 2.75) is 52.6 Å². The Bertz CT molecular complexity index is 273. The normalized spacial score (nSPS) is 22.3. The van der Waals surface area contributed by atoms with Gasteiger partial charge in [-0.2, -0.15) is 0 Å². The molecule has 4 heteroatoms. The molecule has 1 amide bonds. The third-order valence-electron chi connectivity index (χ3n) is 3.96. The molecule has 1 saturated heterocycles. The van der Waals surface area contributed by atoms with Crippen LogP contribution in [0.3, 0.4) is 0 Å². The van der Waals surface area contributed by atoms with Gasteiger partial charge in [0.1, 0.15) is 0 Å². The molecule has 3 N–H and O–H groups in total. The van der Waals surface area contributed by atoms with Crippen molar-refractivity contribution in [2.75, 3.05) is 19.6 Å². The van der Waals surface area contributed by atoms with Crippen LogP contribution in [0.25, 0.3) is 0 Å². The largest absolute Gasteiger partial charge is 0.391 e. The van der Waals surface area contributed by atoms with Gasteiger partial charge in [0.2, 0.25) is 5.91 Å². The van der Waals surface area contributed by atoms with Gasteiger partial charge in [0, 0.05) is 19.5 Å². The molecule has 0 bridgehead atoms. The van der Waals surface area contributed by atoms with Gasteiger partial charge in [-0.1, -0.05) is 20.8 Å². The van der Waals surface area contributed by atoms with Gasteiger partial charge in [0.15, 0.2) is 0 Å². The Morgan fingerprint density at radius 3 is 2.56 bits per heavy atom. The van der Waals surface area contributed by atoms with Crippen molar-refractivity contribution in [3.8, 4) is 0 Å². The highest BCUT2D eigenvalue weighted by atomic mass is 16.3. The molecule has 18 heavy (non-hydrogen) atoms. The van der Waals surface area contributed by atoms with E-state index in [-0.39, 0.29) is 17.4 Å². The zero-order valence-corrected chi connectivity index (χ0v) is 12.0. The van der Waals surface area contributed by atoms with Crippen LogP contribution in [-0.4, -0.2) is 41.7 Å². The smallest absolute Gasteiger partial charge is 0.222 e. The molecule has 1 fully saturated rings. The van der Waals surface area contributed by atoms with Crippen LogP contribution in [0.2, 0.25) is 0 Å². The van der Waals surface area contributed by atoms with Gasteiger partial charge in [0.25, 0.3) is 0 Å². The van der Waals surface area contributed by atoms with Gasteiger partial charge in [-0.05, 0) is 37.1 Å². The number of aliphatic hydroxyl groups excluding tert-OH is 1. The molecule has 0 radical (unpaired) electrons. The molecule has 1 aliphatic heterocycles. The monoisotopic (exact) mass is 256 g/mol. The third kappa shape index (κ3) is 4.58. The maximum atomic E-state index is 12.0. The van der Waals surface area contributed by atoms with E-state index >= 15 is 0 Å². The van der Waals surface area contributed by atoms with Crippen molar-refractivity contribution < 1.29 is 9.90 Å². The first-order valence-electron chi connectivity index (χ1n) is 7.00. The van der Waals surface area contributed by atoms with Crippen molar-refractivity contribution in [2.24, 2.45) is 17.1 Å². The molecule has 0 aromatic carbocycles. The second-order valence-corrected chi connectivity index (χ2v) is 6.46. The lowest BCUT2D eigenvalue weighted by Gasteiger charge is -2.31. The SMILES string of the molecule is CC(C)(C)C(CCN)CCC(=O)N1CCC(O)C1. The standard InChI is InChI=1S/C14H28N2O2/c1-14(2,3)11(6-8-15)4-5-13(18)16-9-7-12(17)10-16/h11-12,17H,4-10,15H2,1-3H3. The van der Waals surface area contributed by atoms with E-state index in [1.807, 2.05) is 0 Å². The lowest BCUT2D eigenvalue weighted by Crippen LogP contribution is -2.31. The van der Waals surface area contributed by atoms with Gasteiger partial charge in [-0.3, -0.25) is 4.79 Å². The van der Waals surface area contributed by atoms with Gasteiger partial charge < -0.3 is 15.7 Å². The van der Waals surface area contributed by atoms with Crippen molar-refractivity contribution in [3.05, 3.63) is 0 Å². The molecule has 106 valence electrons. The maximum absolute atomic E-state index is 12.0. The molecule has 1 aliphatic rings. The summed E-state index contributed by atoms with van der Waals surface area (Å²) in [6.07, 6.45) is 2.84. The zero-order chi connectivity index (χ0) is 13.8. The van der Waals surface area contributed by atoms with Crippen molar-refractivity contribution in [1.82, 2.24) is 4.90 Å². The van der Waals surface area contributed by atoms with E-state index in [4.69, 9.17) is 5.73 Å². The topological polar surface area (TPSA) is 66.6 Å². The first-order chi connectivity index (χ1) is 8.34. The molecule has 0 aliphatic carbocycles. The molecule has 0 saturated carbocycles. The van der Waals surface area contributed by atoms with Crippen LogP contribution in [0.15, 0.2) is 0 Å². The molecule has 0 spiro atoms. The molecular formula is C14H28N2O2. The molecule has 1 rings (SSSR count). The van der Waals surface area contributed by atoms with Crippen LogP contribution in [0.5, 0.6) is 0 Å². The fraction of sp³-hybridized carbons (Fsp3) is 0.929. The summed E-state index contributed by atoms with van der Waals surface area (Å²) >= 11 is 0. The molecule has 4 nitrogen and oxygen atoms in total. The molecule has 2 unspecified atom stereocenters. The number of likely N-dealkylation sites (tertiary alicyclic amines) is 1. The van der Waals surface area contributed by atoms with E-state index in [1.54, 1.807) is 4.90 Å². The second-order valence-electron chi connectivity index (χ2n) is 6.46. The molecule has 0 aromatic heterocycles. The summed E-state index contributed by atoms with van der Waals surface area (Å²) in [5.41, 5.74) is 5.84. The molecule has 1 heterocycles. The maximum Gasteiger partial charge on any atom is 0.222 e. The Kier molecular flexibility index (Phi) is 5.60. The Balaban J connectivity index is 2.40. The van der Waals surface area contributed by atoms with Gasteiger partial charge >= 0.3 is 0 Å². The number of β-amino-alcohol motifs (C(OH)–C–C–N with tert-alkyl or cyclic N) is 1. The summed E-state index contributed by atoms with van der Waals surface area (Å²) in [6, 6.07) is 0. The minimum absolute atomic E-state index is 0.179. The first kappa shape index (κ1) is 15.4. The van der Waals surface area contributed by atoms with Crippen LogP contribution < -0.4 is 5.73 Å². The van der Waals surface area contributed by atoms with Crippen LogP contribution >= 0.6 is 0 Å². The minimum Gasteiger partial charge on any atom is -0.391 e. The zero-order valence-electron chi connectivity index (χ0n) is 12.0. The van der Waals surface area contributed by atoms with Crippen LogP contribution in [0.1, 0.15) is 46.5 Å². The first-order valence-corrected chi connectivity index (χ1v) is 7.00. The molecular weight excluding hydrogens is 228 g/mol. The summed E-state index contributed by atoms with van der Waals surface area (Å²) < 4.78 is 0. The number of nitrogens with zero attached hydrogens (tertiary/aromatic N) is 1. The summed E-state index contributed by atoms with van der Waals surface area (Å²) in [7, 11) is 0. The molecule has 2 atom stereocenters. The van der Waals surface area contributed by atoms with E-state index < -0.39 is 0 Å². The Morgan fingerprint density at radius 1 is 1.44 bits per heavy atom. The predicted molar refractivity (Wildman–Crippen MR) is 73.1 cm³/mol. The molecule has 0 aromatic rings. The van der Waals surface area contributed by atoms with Crippen molar-refractivity contribution >= 4 is 5.91 Å². The number of aliphatic hydroxyl groups is 1. The quantitative estimate of drug-likeness (QED) is 0.781. The number of nitrogens with two attached hydrogens (primary N) is 1. The number of hydrogen-bond donors (Lipinski definition) is 2. The van der Waals surface area contributed by atoms with Crippen molar-refractivity contribution in [3.63, 3.8) is 0 Å². The van der Waals surface area contributed by atoms with Gasteiger partial charge in [-0.25, -0.2) is 0 Å². The van der Waals surface area contributed by atoms with E-state index in [9.17, 15) is 9.90 Å². The fourth-order valence-electron chi connectivity index (χ4n) is 2.64. The van der Waals surface area contributed by atoms with Gasteiger partial charge in [0.05, 0.1) is 6.10 Å². The van der Waals surface area contributed by atoms with E-state index in [0.717, 1.165) is 19.3 Å². The highest BCUT2D eigenvalue weighted by molar-refractivity contribution is 5.76. The highest BCUT2D eigenvalue weighted by Crippen LogP contribution is 2.32. The van der Waals surface area contributed by atoms with E-state index in [0.29, 0.717) is 32.0 Å². The Hall–Kier alpha value is -0.610. The highest BCUT2D eigenvalue weighted by Gasteiger charge is 2.27. The van der Waals surface area contributed by atoms with Crippen molar-refractivity contribution in [1.29, 1.82) is 0 Å². The summed E-state index contributed by atoms with van der Waals surface area (Å²) in [4.78, 5) is 13.8. The van der Waals surface area contributed by atoms with Gasteiger partial charge in [-0.15, -0.1) is 0 Å². The summed E-state index contributed by atoms with van der Waals surface area (Å²) in [5, 5.41) is 9.43. The second kappa shape index (κ2) is 6.53. The average molecular weight is 256 g/mol. The van der Waals surface area contributed by atoms with Crippen LogP contribution in [0.4, 0.5) is 0 Å². The van der Waals surface area contributed by atoms with E-state index in [2.05, 4.69) is 20.8 Å². The van der Waals surface area contributed by atoms with Crippen LogP contribution in [0, 0.1) is 11.3 Å². The predicted octanol–water partition coefficient (Wildman–Crippen LogP) is 1.37. The average Bonchev–Trinajstić information content (AvgIpc) is 2.69. The fourth-order valence-corrected chi connectivity index (χ4v) is 2.64. The minimum atomic E-state index is -0.323. The Labute approximate surface area is 111 Å². The van der Waals surface area contributed by atoms with Crippen LogP contribution in [-0.2, 0) is 4.79 Å².